The summed E-state index contributed by atoms with van der Waals surface area (Å²) in [5, 5.41) is 9.21. The molecule has 1 aromatic rings. The van der Waals surface area contributed by atoms with Crippen LogP contribution in [0, 0.1) is 0 Å². The normalized spacial score (nSPS) is 14.6. The number of primary amides is 1. The fourth-order valence-electron chi connectivity index (χ4n) is 2.04. The first-order valence-corrected chi connectivity index (χ1v) is 6.27. The third kappa shape index (κ3) is 3.37. The van der Waals surface area contributed by atoms with E-state index in [1.165, 1.54) is 0 Å². The van der Waals surface area contributed by atoms with E-state index in [9.17, 15) is 9.59 Å². The maximum Gasteiger partial charge on any atom is 0.251 e. The molecular weight excluding hydrogens is 244 g/mol. The van der Waals surface area contributed by atoms with Crippen LogP contribution in [0.2, 0.25) is 0 Å². The van der Waals surface area contributed by atoms with Crippen LogP contribution in [0.5, 0.6) is 0 Å². The molecule has 0 spiro atoms. The van der Waals surface area contributed by atoms with Crippen LogP contribution in [0.1, 0.15) is 23.7 Å². The molecule has 0 saturated heterocycles. The Bertz CT molecular complexity index is 501. The van der Waals surface area contributed by atoms with Crippen molar-refractivity contribution >= 4 is 23.2 Å². The summed E-state index contributed by atoms with van der Waals surface area (Å²) < 4.78 is 0. The fraction of sp³-hybridized carbons (Fsp3) is 0.385. The molecule has 2 amide bonds. The van der Waals surface area contributed by atoms with Gasteiger partial charge in [-0.1, -0.05) is 0 Å². The van der Waals surface area contributed by atoms with Crippen LogP contribution >= 0.6 is 0 Å². The van der Waals surface area contributed by atoms with Gasteiger partial charge in [-0.05, 0) is 25.1 Å². The molecule has 1 unspecified atom stereocenters. The average molecular weight is 262 g/mol. The lowest BCUT2D eigenvalue weighted by Gasteiger charge is -2.20. The van der Waals surface area contributed by atoms with Crippen LogP contribution in [0.25, 0.3) is 0 Å². The molecule has 6 heteroatoms. The number of benzene rings is 1. The lowest BCUT2D eigenvalue weighted by Crippen LogP contribution is -2.35. The Labute approximate surface area is 111 Å². The summed E-state index contributed by atoms with van der Waals surface area (Å²) in [7, 11) is 0. The summed E-state index contributed by atoms with van der Waals surface area (Å²) in [4.78, 5) is 22.8. The monoisotopic (exact) mass is 262 g/mol. The minimum Gasteiger partial charge on any atom is -0.382 e. The molecule has 6 nitrogen and oxygen atoms in total. The van der Waals surface area contributed by atoms with Crippen molar-refractivity contribution in [3.63, 3.8) is 0 Å². The Morgan fingerprint density at radius 3 is 2.68 bits per heavy atom. The number of nitrogens with one attached hydrogen (secondary N) is 3. The summed E-state index contributed by atoms with van der Waals surface area (Å²) in [5.41, 5.74) is 7.56. The Hall–Kier alpha value is -2.24. The number of carbonyl (C=O) groups is 2. The van der Waals surface area contributed by atoms with Gasteiger partial charge in [-0.2, -0.15) is 0 Å². The van der Waals surface area contributed by atoms with Crippen molar-refractivity contribution in [2.75, 3.05) is 23.7 Å². The van der Waals surface area contributed by atoms with E-state index in [1.54, 1.807) is 19.1 Å². The van der Waals surface area contributed by atoms with Gasteiger partial charge in [0.25, 0.3) is 5.91 Å². The molecule has 0 aliphatic carbocycles. The Morgan fingerprint density at radius 1 is 1.32 bits per heavy atom. The maximum atomic E-state index is 12.0. The predicted molar refractivity (Wildman–Crippen MR) is 74.2 cm³/mol. The first-order chi connectivity index (χ1) is 9.06. The van der Waals surface area contributed by atoms with Crippen LogP contribution in [-0.2, 0) is 4.79 Å². The Kier molecular flexibility index (Phi) is 3.89. The van der Waals surface area contributed by atoms with E-state index in [0.29, 0.717) is 5.56 Å². The number of hydrogen-bond donors (Lipinski definition) is 4. The first-order valence-electron chi connectivity index (χ1n) is 6.27. The summed E-state index contributed by atoms with van der Waals surface area (Å²) in [5.74, 6) is -0.631. The number of hydrogen-bond acceptors (Lipinski definition) is 4. The molecule has 5 N–H and O–H groups in total. The number of anilines is 2. The summed E-state index contributed by atoms with van der Waals surface area (Å²) in [6.07, 6.45) is 0.135. The molecule has 0 fully saturated rings. The molecule has 0 bridgehead atoms. The summed E-state index contributed by atoms with van der Waals surface area (Å²) in [6.45, 7) is 3.45. The molecule has 1 aromatic carbocycles. The topological polar surface area (TPSA) is 96.2 Å². The zero-order chi connectivity index (χ0) is 13.8. The zero-order valence-electron chi connectivity index (χ0n) is 10.8. The van der Waals surface area contributed by atoms with E-state index in [1.807, 2.05) is 6.07 Å². The molecule has 1 heterocycles. The summed E-state index contributed by atoms with van der Waals surface area (Å²) >= 11 is 0. The largest absolute Gasteiger partial charge is 0.382 e. The molecule has 1 aliphatic rings. The van der Waals surface area contributed by atoms with Gasteiger partial charge in [0.1, 0.15) is 0 Å². The molecule has 0 radical (unpaired) electrons. The lowest BCUT2D eigenvalue weighted by atomic mass is 10.1. The molecular formula is C13H18N4O2. The highest BCUT2D eigenvalue weighted by Crippen LogP contribution is 2.25. The van der Waals surface area contributed by atoms with E-state index >= 15 is 0 Å². The maximum absolute atomic E-state index is 12.0. The van der Waals surface area contributed by atoms with Crippen LogP contribution in [0.4, 0.5) is 11.4 Å². The van der Waals surface area contributed by atoms with Gasteiger partial charge in [0.05, 0.1) is 11.4 Å². The van der Waals surface area contributed by atoms with Gasteiger partial charge in [-0.15, -0.1) is 0 Å². The van der Waals surface area contributed by atoms with Gasteiger partial charge >= 0.3 is 0 Å². The number of fused-ring (bicyclic) bond motifs is 1. The smallest absolute Gasteiger partial charge is 0.251 e. The summed E-state index contributed by atoms with van der Waals surface area (Å²) in [6, 6.07) is 5.15. The van der Waals surface area contributed by atoms with Crippen LogP contribution in [-0.4, -0.2) is 30.9 Å². The molecule has 1 aliphatic heterocycles. The minimum absolute atomic E-state index is 0.135. The highest BCUT2D eigenvalue weighted by molar-refractivity contribution is 5.96. The zero-order valence-corrected chi connectivity index (χ0v) is 10.8. The third-order valence-electron chi connectivity index (χ3n) is 2.92. The number of amides is 2. The second-order valence-electron chi connectivity index (χ2n) is 4.66. The molecule has 19 heavy (non-hydrogen) atoms. The highest BCUT2D eigenvalue weighted by atomic mass is 16.2. The standard InChI is InChI=1S/C13H18N4O2/c1-8(6-12(14)18)17-13(19)9-2-3-10-11(7-9)16-5-4-15-10/h2-3,7-8,15-16H,4-6H2,1H3,(H2,14,18)(H,17,19). The predicted octanol–water partition coefficient (Wildman–Crippen LogP) is 0.518. The quantitative estimate of drug-likeness (QED) is 0.636. The number of rotatable bonds is 4. The van der Waals surface area contributed by atoms with Crippen molar-refractivity contribution in [3.05, 3.63) is 23.8 Å². The second-order valence-corrected chi connectivity index (χ2v) is 4.66. The van der Waals surface area contributed by atoms with Gasteiger partial charge in [0.15, 0.2) is 0 Å². The first kappa shape index (κ1) is 13.2. The van der Waals surface area contributed by atoms with E-state index in [4.69, 9.17) is 5.73 Å². The van der Waals surface area contributed by atoms with Gasteiger partial charge in [0.2, 0.25) is 5.91 Å². The van der Waals surface area contributed by atoms with E-state index in [-0.39, 0.29) is 18.4 Å². The second kappa shape index (κ2) is 5.60. The lowest BCUT2D eigenvalue weighted by molar-refractivity contribution is -0.118. The van der Waals surface area contributed by atoms with Gasteiger partial charge < -0.3 is 21.7 Å². The minimum atomic E-state index is -0.427. The molecule has 1 atom stereocenters. The molecule has 0 saturated carbocycles. The molecule has 2 rings (SSSR count). The van der Waals surface area contributed by atoms with Crippen molar-refractivity contribution in [2.45, 2.75) is 19.4 Å². The Morgan fingerprint density at radius 2 is 2.00 bits per heavy atom. The fourth-order valence-corrected chi connectivity index (χ4v) is 2.04. The highest BCUT2D eigenvalue weighted by Gasteiger charge is 2.14. The average Bonchev–Trinajstić information content (AvgIpc) is 2.37. The van der Waals surface area contributed by atoms with E-state index in [2.05, 4.69) is 16.0 Å². The number of nitrogens with two attached hydrogens (primary N) is 1. The van der Waals surface area contributed by atoms with E-state index in [0.717, 1.165) is 24.5 Å². The molecule has 102 valence electrons. The molecule has 0 aromatic heterocycles. The SMILES string of the molecule is CC(CC(N)=O)NC(=O)c1ccc2c(c1)NCCN2. The van der Waals surface area contributed by atoms with Gasteiger partial charge in [-0.3, -0.25) is 9.59 Å². The third-order valence-corrected chi connectivity index (χ3v) is 2.92. The van der Waals surface area contributed by atoms with Crippen molar-refractivity contribution in [3.8, 4) is 0 Å². The van der Waals surface area contributed by atoms with Crippen LogP contribution in [0.3, 0.4) is 0 Å². The van der Waals surface area contributed by atoms with Gasteiger partial charge in [0, 0.05) is 31.1 Å². The van der Waals surface area contributed by atoms with E-state index < -0.39 is 5.91 Å². The van der Waals surface area contributed by atoms with Crippen molar-refractivity contribution in [1.29, 1.82) is 0 Å². The van der Waals surface area contributed by atoms with Crippen molar-refractivity contribution < 1.29 is 9.59 Å². The Balaban J connectivity index is 2.05. The van der Waals surface area contributed by atoms with Crippen molar-refractivity contribution in [2.24, 2.45) is 5.73 Å². The van der Waals surface area contributed by atoms with Gasteiger partial charge in [-0.25, -0.2) is 0 Å². The number of carbonyl (C=O) groups excluding carboxylic acids is 2. The van der Waals surface area contributed by atoms with Crippen molar-refractivity contribution in [1.82, 2.24) is 5.32 Å². The van der Waals surface area contributed by atoms with Crippen LogP contribution in [0.15, 0.2) is 18.2 Å². The van der Waals surface area contributed by atoms with Crippen LogP contribution < -0.4 is 21.7 Å².